The summed E-state index contributed by atoms with van der Waals surface area (Å²) in [5, 5.41) is 4.48. The molecule has 18 heavy (non-hydrogen) atoms. The second kappa shape index (κ2) is 5.44. The van der Waals surface area contributed by atoms with Crippen molar-refractivity contribution >= 4 is 33.7 Å². The van der Waals surface area contributed by atoms with E-state index in [2.05, 4.69) is 33.2 Å². The fourth-order valence-electron chi connectivity index (χ4n) is 2.24. The van der Waals surface area contributed by atoms with Crippen LogP contribution in [0.5, 0.6) is 5.75 Å². The fourth-order valence-corrected chi connectivity index (χ4v) is 2.24. The van der Waals surface area contributed by atoms with E-state index in [4.69, 9.17) is 4.74 Å². The van der Waals surface area contributed by atoms with Crippen molar-refractivity contribution in [3.05, 3.63) is 30.5 Å². The zero-order valence-electron chi connectivity index (χ0n) is 10.2. The first-order valence-corrected chi connectivity index (χ1v) is 5.77. The number of ether oxygens (including phenoxy) is 1. The van der Waals surface area contributed by atoms with Crippen molar-refractivity contribution in [1.29, 1.82) is 0 Å². The first kappa shape index (κ1) is 13.0. The number of nitrogens with zero attached hydrogens (tertiary/aromatic N) is 2. The lowest BCUT2D eigenvalue weighted by Gasteiger charge is -2.09. The highest BCUT2D eigenvalue weighted by atomic mass is 79.9. The summed E-state index contributed by atoms with van der Waals surface area (Å²) in [6.07, 6.45) is 2.08. The Morgan fingerprint density at radius 3 is 3.00 bits per heavy atom. The average Bonchev–Trinajstić information content (AvgIpc) is 2.99. The number of aliphatic imine (C=N–C) groups is 1. The summed E-state index contributed by atoms with van der Waals surface area (Å²) >= 11 is 0. The second-order valence-corrected chi connectivity index (χ2v) is 4.10. The van der Waals surface area contributed by atoms with Gasteiger partial charge in [0.1, 0.15) is 11.6 Å². The van der Waals surface area contributed by atoms with Crippen LogP contribution in [0.3, 0.4) is 0 Å². The van der Waals surface area contributed by atoms with E-state index in [-0.39, 0.29) is 17.0 Å². The van der Waals surface area contributed by atoms with E-state index < -0.39 is 0 Å². The highest BCUT2D eigenvalue weighted by Gasteiger charge is 2.10. The Hall–Kier alpha value is -1.49. The van der Waals surface area contributed by atoms with Gasteiger partial charge in [-0.3, -0.25) is 4.99 Å². The zero-order valence-corrected chi connectivity index (χ0v) is 11.9. The molecule has 1 aliphatic heterocycles. The van der Waals surface area contributed by atoms with Crippen LogP contribution < -0.4 is 10.1 Å². The van der Waals surface area contributed by atoms with Gasteiger partial charge in [-0.15, -0.1) is 17.0 Å². The summed E-state index contributed by atoms with van der Waals surface area (Å²) in [6, 6.07) is 8.20. The van der Waals surface area contributed by atoms with Crippen LogP contribution in [0.4, 0.5) is 0 Å². The first-order chi connectivity index (χ1) is 8.38. The largest absolute Gasteiger partial charge is 0.495 e. The Morgan fingerprint density at radius 2 is 2.28 bits per heavy atom. The molecule has 0 unspecified atom stereocenters. The van der Waals surface area contributed by atoms with Gasteiger partial charge in [-0.05, 0) is 12.1 Å². The van der Waals surface area contributed by atoms with E-state index in [1.807, 2.05) is 12.1 Å². The molecule has 2 heterocycles. The predicted octanol–water partition coefficient (Wildman–Crippen LogP) is 2.23. The molecule has 0 bridgehead atoms. The summed E-state index contributed by atoms with van der Waals surface area (Å²) in [4.78, 5) is 4.42. The maximum absolute atomic E-state index is 5.41. The maximum Gasteiger partial charge on any atom is 0.143 e. The first-order valence-electron chi connectivity index (χ1n) is 5.77. The third-order valence-corrected chi connectivity index (χ3v) is 3.04. The Labute approximate surface area is 116 Å². The van der Waals surface area contributed by atoms with Crippen LogP contribution in [-0.2, 0) is 6.54 Å². The molecule has 0 aliphatic carbocycles. The Balaban J connectivity index is 0.00000120. The number of hydrogen-bond donors (Lipinski definition) is 1. The SMILES string of the molecule is Br.COc1cccc2ccn(CC3=NCCN3)c12. The van der Waals surface area contributed by atoms with Crippen molar-refractivity contribution in [2.45, 2.75) is 6.54 Å². The van der Waals surface area contributed by atoms with Crippen LogP contribution in [0.15, 0.2) is 35.5 Å². The van der Waals surface area contributed by atoms with Crippen molar-refractivity contribution in [2.75, 3.05) is 20.2 Å². The van der Waals surface area contributed by atoms with Crippen molar-refractivity contribution in [3.63, 3.8) is 0 Å². The van der Waals surface area contributed by atoms with Crippen molar-refractivity contribution in [1.82, 2.24) is 9.88 Å². The van der Waals surface area contributed by atoms with Gasteiger partial charge in [0.05, 0.1) is 25.7 Å². The van der Waals surface area contributed by atoms with Gasteiger partial charge >= 0.3 is 0 Å². The lowest BCUT2D eigenvalue weighted by Crippen LogP contribution is -2.23. The van der Waals surface area contributed by atoms with E-state index in [9.17, 15) is 0 Å². The minimum atomic E-state index is 0. The van der Waals surface area contributed by atoms with Gasteiger partial charge in [-0.25, -0.2) is 0 Å². The molecule has 0 saturated carbocycles. The third kappa shape index (κ3) is 2.22. The quantitative estimate of drug-likeness (QED) is 0.944. The molecule has 0 fully saturated rings. The minimum absolute atomic E-state index is 0. The molecule has 3 rings (SSSR count). The number of methoxy groups -OCH3 is 1. The number of benzene rings is 1. The molecule has 0 radical (unpaired) electrons. The van der Waals surface area contributed by atoms with Crippen LogP contribution in [0, 0.1) is 0 Å². The molecule has 5 heteroatoms. The molecule has 1 aromatic carbocycles. The Kier molecular flexibility index (Phi) is 3.91. The minimum Gasteiger partial charge on any atom is -0.495 e. The van der Waals surface area contributed by atoms with Gasteiger partial charge in [0.2, 0.25) is 0 Å². The van der Waals surface area contributed by atoms with Gasteiger partial charge in [0.25, 0.3) is 0 Å². The number of halogens is 1. The molecule has 0 saturated heterocycles. The smallest absolute Gasteiger partial charge is 0.143 e. The molecule has 1 N–H and O–H groups in total. The van der Waals surface area contributed by atoms with Gasteiger partial charge in [0, 0.05) is 18.1 Å². The van der Waals surface area contributed by atoms with E-state index in [0.717, 1.165) is 36.7 Å². The number of amidine groups is 1. The predicted molar refractivity (Wildman–Crippen MR) is 79.1 cm³/mol. The van der Waals surface area contributed by atoms with Gasteiger partial charge in [0.15, 0.2) is 0 Å². The summed E-state index contributed by atoms with van der Waals surface area (Å²) in [7, 11) is 1.71. The normalized spacial score (nSPS) is 13.9. The van der Waals surface area contributed by atoms with Crippen molar-refractivity contribution in [3.8, 4) is 5.75 Å². The van der Waals surface area contributed by atoms with Crippen LogP contribution in [-0.4, -0.2) is 30.6 Å². The Morgan fingerprint density at radius 1 is 1.39 bits per heavy atom. The van der Waals surface area contributed by atoms with Crippen LogP contribution in [0.25, 0.3) is 10.9 Å². The maximum atomic E-state index is 5.41. The molecular weight excluding hydrogens is 294 g/mol. The van der Waals surface area contributed by atoms with E-state index in [0.29, 0.717) is 0 Å². The van der Waals surface area contributed by atoms with Gasteiger partial charge in [-0.2, -0.15) is 0 Å². The number of hydrogen-bond acceptors (Lipinski definition) is 3. The number of nitrogens with one attached hydrogen (secondary N) is 1. The summed E-state index contributed by atoms with van der Waals surface area (Å²) in [5.74, 6) is 1.96. The fraction of sp³-hybridized carbons (Fsp3) is 0.308. The van der Waals surface area contributed by atoms with Gasteiger partial charge < -0.3 is 14.6 Å². The molecule has 0 amide bonds. The molecule has 0 atom stereocenters. The standard InChI is InChI=1S/C13H15N3O.BrH/c1-17-11-4-2-3-10-5-8-16(13(10)11)9-12-14-6-7-15-12;/h2-5,8H,6-7,9H2,1H3,(H,14,15);1H. The summed E-state index contributed by atoms with van der Waals surface area (Å²) in [5.41, 5.74) is 1.13. The lowest BCUT2D eigenvalue weighted by molar-refractivity contribution is 0.417. The third-order valence-electron chi connectivity index (χ3n) is 3.04. The monoisotopic (exact) mass is 309 g/mol. The number of fused-ring (bicyclic) bond motifs is 1. The molecule has 4 nitrogen and oxygen atoms in total. The van der Waals surface area contributed by atoms with Crippen molar-refractivity contribution < 1.29 is 4.74 Å². The Bertz CT molecular complexity index is 577. The van der Waals surface area contributed by atoms with E-state index >= 15 is 0 Å². The highest BCUT2D eigenvalue weighted by molar-refractivity contribution is 8.93. The highest BCUT2D eigenvalue weighted by Crippen LogP contribution is 2.26. The van der Waals surface area contributed by atoms with Crippen LogP contribution in [0.1, 0.15) is 0 Å². The van der Waals surface area contributed by atoms with Gasteiger partial charge in [-0.1, -0.05) is 12.1 Å². The molecule has 1 aliphatic rings. The number of para-hydroxylation sites is 1. The molecular formula is C13H16BrN3O. The molecule has 1 aromatic heterocycles. The summed E-state index contributed by atoms with van der Waals surface area (Å²) in [6.45, 7) is 2.61. The van der Waals surface area contributed by atoms with E-state index in [1.54, 1.807) is 7.11 Å². The molecule has 96 valence electrons. The van der Waals surface area contributed by atoms with Crippen LogP contribution >= 0.6 is 17.0 Å². The molecule has 0 spiro atoms. The number of rotatable bonds is 3. The second-order valence-electron chi connectivity index (χ2n) is 4.10. The summed E-state index contributed by atoms with van der Waals surface area (Å²) < 4.78 is 7.58. The lowest BCUT2D eigenvalue weighted by atomic mass is 10.2. The number of aromatic nitrogens is 1. The zero-order chi connectivity index (χ0) is 11.7. The van der Waals surface area contributed by atoms with Crippen molar-refractivity contribution in [2.24, 2.45) is 4.99 Å². The molecule has 2 aromatic rings. The van der Waals surface area contributed by atoms with Crippen LogP contribution in [0.2, 0.25) is 0 Å². The topological polar surface area (TPSA) is 38.5 Å². The van der Waals surface area contributed by atoms with E-state index in [1.165, 1.54) is 5.39 Å². The average molecular weight is 310 g/mol.